The summed E-state index contributed by atoms with van der Waals surface area (Å²) < 4.78 is 0. The lowest BCUT2D eigenvalue weighted by Gasteiger charge is -2.31. The summed E-state index contributed by atoms with van der Waals surface area (Å²) in [6.07, 6.45) is 0.830. The van der Waals surface area contributed by atoms with Crippen LogP contribution >= 0.6 is 11.6 Å². The Kier molecular flexibility index (Phi) is 2.13. The van der Waals surface area contributed by atoms with Crippen molar-refractivity contribution in [2.24, 2.45) is 0 Å². The SMILES string of the molecule is CC1(C#N)CCNc2c(Cl)cccc21. The van der Waals surface area contributed by atoms with Crippen molar-refractivity contribution < 1.29 is 0 Å². The fourth-order valence-electron chi connectivity index (χ4n) is 1.85. The Morgan fingerprint density at radius 2 is 2.36 bits per heavy atom. The molecule has 1 aliphatic heterocycles. The summed E-state index contributed by atoms with van der Waals surface area (Å²) in [5.41, 5.74) is 1.54. The Hall–Kier alpha value is -1.20. The van der Waals surface area contributed by atoms with E-state index in [1.165, 1.54) is 0 Å². The minimum atomic E-state index is -0.397. The van der Waals surface area contributed by atoms with Gasteiger partial charge in [0.2, 0.25) is 0 Å². The molecule has 0 aliphatic carbocycles. The van der Waals surface area contributed by atoms with E-state index in [-0.39, 0.29) is 0 Å². The molecule has 0 amide bonds. The molecule has 0 saturated carbocycles. The molecule has 1 aliphatic rings. The van der Waals surface area contributed by atoms with E-state index < -0.39 is 5.41 Å². The molecule has 0 bridgehead atoms. The molecular formula is C11H11ClN2. The highest BCUT2D eigenvalue weighted by molar-refractivity contribution is 6.33. The van der Waals surface area contributed by atoms with Crippen molar-refractivity contribution in [1.82, 2.24) is 0 Å². The normalized spacial score (nSPS) is 24.6. The van der Waals surface area contributed by atoms with Gasteiger partial charge in [-0.15, -0.1) is 0 Å². The van der Waals surface area contributed by atoms with Crippen molar-refractivity contribution in [3.63, 3.8) is 0 Å². The highest BCUT2D eigenvalue weighted by atomic mass is 35.5. The minimum Gasteiger partial charge on any atom is -0.384 e. The molecular weight excluding hydrogens is 196 g/mol. The molecule has 2 rings (SSSR count). The van der Waals surface area contributed by atoms with Crippen LogP contribution in [0, 0.1) is 11.3 Å². The summed E-state index contributed by atoms with van der Waals surface area (Å²) in [6, 6.07) is 8.07. The third-order valence-electron chi connectivity index (χ3n) is 2.78. The van der Waals surface area contributed by atoms with Gasteiger partial charge in [0, 0.05) is 6.54 Å². The summed E-state index contributed by atoms with van der Waals surface area (Å²) in [5.74, 6) is 0. The zero-order valence-corrected chi connectivity index (χ0v) is 8.73. The van der Waals surface area contributed by atoms with Gasteiger partial charge >= 0.3 is 0 Å². The van der Waals surface area contributed by atoms with Crippen LogP contribution in [-0.2, 0) is 5.41 Å². The molecule has 14 heavy (non-hydrogen) atoms. The van der Waals surface area contributed by atoms with Crippen LogP contribution in [0.25, 0.3) is 0 Å². The Morgan fingerprint density at radius 3 is 3.07 bits per heavy atom. The van der Waals surface area contributed by atoms with E-state index in [2.05, 4.69) is 11.4 Å². The number of benzene rings is 1. The minimum absolute atomic E-state index is 0.397. The van der Waals surface area contributed by atoms with Crippen molar-refractivity contribution >= 4 is 17.3 Å². The van der Waals surface area contributed by atoms with E-state index in [1.54, 1.807) is 0 Å². The molecule has 1 heterocycles. The second-order valence-electron chi connectivity index (χ2n) is 3.78. The van der Waals surface area contributed by atoms with Gasteiger partial charge in [0.25, 0.3) is 0 Å². The maximum atomic E-state index is 9.17. The van der Waals surface area contributed by atoms with E-state index in [0.29, 0.717) is 5.02 Å². The van der Waals surface area contributed by atoms with E-state index in [1.807, 2.05) is 25.1 Å². The van der Waals surface area contributed by atoms with Crippen LogP contribution < -0.4 is 5.32 Å². The van der Waals surface area contributed by atoms with Crippen LogP contribution in [0.2, 0.25) is 5.02 Å². The number of nitrogens with one attached hydrogen (secondary N) is 1. The molecule has 0 saturated heterocycles. The van der Waals surface area contributed by atoms with Gasteiger partial charge in [0.1, 0.15) is 0 Å². The van der Waals surface area contributed by atoms with Crippen LogP contribution in [0.5, 0.6) is 0 Å². The average molecular weight is 207 g/mol. The van der Waals surface area contributed by atoms with Crippen molar-refractivity contribution in [1.29, 1.82) is 5.26 Å². The molecule has 1 N–H and O–H groups in total. The number of nitrogens with zero attached hydrogens (tertiary/aromatic N) is 1. The monoisotopic (exact) mass is 206 g/mol. The second kappa shape index (κ2) is 3.18. The lowest BCUT2D eigenvalue weighted by Crippen LogP contribution is -2.29. The first-order valence-corrected chi connectivity index (χ1v) is 4.99. The van der Waals surface area contributed by atoms with Gasteiger partial charge in [-0.25, -0.2) is 0 Å². The number of halogens is 1. The molecule has 3 heteroatoms. The predicted molar refractivity (Wildman–Crippen MR) is 57.5 cm³/mol. The zero-order valence-electron chi connectivity index (χ0n) is 7.97. The van der Waals surface area contributed by atoms with Gasteiger partial charge in [-0.2, -0.15) is 5.26 Å². The topological polar surface area (TPSA) is 35.8 Å². The first-order valence-electron chi connectivity index (χ1n) is 4.61. The highest BCUT2D eigenvalue weighted by Crippen LogP contribution is 2.39. The Morgan fingerprint density at radius 1 is 1.57 bits per heavy atom. The fraction of sp³-hybridized carbons (Fsp3) is 0.364. The first-order chi connectivity index (χ1) is 6.67. The lowest BCUT2D eigenvalue weighted by molar-refractivity contribution is 0.555. The number of para-hydroxylation sites is 1. The standard InChI is InChI=1S/C11H11ClN2/c1-11(7-13)5-6-14-10-8(11)3-2-4-9(10)12/h2-4,14H,5-6H2,1H3. The zero-order chi connectivity index (χ0) is 10.2. The van der Waals surface area contributed by atoms with Crippen LogP contribution in [-0.4, -0.2) is 6.54 Å². The Balaban J connectivity index is 2.62. The highest BCUT2D eigenvalue weighted by Gasteiger charge is 2.32. The number of anilines is 1. The molecule has 1 atom stereocenters. The summed E-state index contributed by atoms with van der Waals surface area (Å²) in [4.78, 5) is 0. The molecule has 1 unspecified atom stereocenters. The molecule has 0 aromatic heterocycles. The molecule has 0 fully saturated rings. The van der Waals surface area contributed by atoms with Gasteiger partial charge in [-0.05, 0) is 25.0 Å². The average Bonchev–Trinajstić information content (AvgIpc) is 2.20. The molecule has 2 nitrogen and oxygen atoms in total. The number of rotatable bonds is 0. The van der Waals surface area contributed by atoms with Gasteiger partial charge in [0.05, 0.1) is 22.2 Å². The number of hydrogen-bond donors (Lipinski definition) is 1. The maximum absolute atomic E-state index is 9.17. The molecule has 0 radical (unpaired) electrons. The van der Waals surface area contributed by atoms with Crippen molar-refractivity contribution in [3.05, 3.63) is 28.8 Å². The maximum Gasteiger partial charge on any atom is 0.0831 e. The van der Waals surface area contributed by atoms with Crippen LogP contribution in [0.4, 0.5) is 5.69 Å². The van der Waals surface area contributed by atoms with E-state index in [0.717, 1.165) is 24.2 Å². The van der Waals surface area contributed by atoms with Crippen LogP contribution in [0.15, 0.2) is 18.2 Å². The molecule has 0 spiro atoms. The van der Waals surface area contributed by atoms with E-state index >= 15 is 0 Å². The molecule has 1 aromatic carbocycles. The smallest absolute Gasteiger partial charge is 0.0831 e. The van der Waals surface area contributed by atoms with Crippen LogP contribution in [0.1, 0.15) is 18.9 Å². The van der Waals surface area contributed by atoms with E-state index in [4.69, 9.17) is 16.9 Å². The Labute approximate surface area is 88.5 Å². The number of fused-ring (bicyclic) bond motifs is 1. The van der Waals surface area contributed by atoms with Crippen molar-refractivity contribution in [3.8, 4) is 6.07 Å². The van der Waals surface area contributed by atoms with Crippen molar-refractivity contribution in [2.75, 3.05) is 11.9 Å². The quantitative estimate of drug-likeness (QED) is 0.709. The molecule has 72 valence electrons. The van der Waals surface area contributed by atoms with E-state index in [9.17, 15) is 0 Å². The van der Waals surface area contributed by atoms with Gasteiger partial charge in [0.15, 0.2) is 0 Å². The summed E-state index contributed by atoms with van der Waals surface area (Å²) in [5, 5.41) is 13.1. The van der Waals surface area contributed by atoms with Gasteiger partial charge in [-0.3, -0.25) is 0 Å². The largest absolute Gasteiger partial charge is 0.384 e. The van der Waals surface area contributed by atoms with Crippen LogP contribution in [0.3, 0.4) is 0 Å². The van der Waals surface area contributed by atoms with Gasteiger partial charge < -0.3 is 5.32 Å². The third kappa shape index (κ3) is 1.25. The second-order valence-corrected chi connectivity index (χ2v) is 4.19. The lowest BCUT2D eigenvalue weighted by atomic mass is 9.78. The molecule has 1 aromatic rings. The fourth-order valence-corrected chi connectivity index (χ4v) is 2.09. The predicted octanol–water partition coefficient (Wildman–Crippen LogP) is 2.94. The van der Waals surface area contributed by atoms with Crippen molar-refractivity contribution in [2.45, 2.75) is 18.8 Å². The summed E-state index contributed by atoms with van der Waals surface area (Å²) in [6.45, 7) is 2.77. The Bertz CT molecular complexity index is 408. The first kappa shape index (κ1) is 9.36. The summed E-state index contributed by atoms with van der Waals surface area (Å²) >= 11 is 6.05. The van der Waals surface area contributed by atoms with Gasteiger partial charge in [-0.1, -0.05) is 23.7 Å². The third-order valence-corrected chi connectivity index (χ3v) is 3.10. The summed E-state index contributed by atoms with van der Waals surface area (Å²) in [7, 11) is 0. The number of nitriles is 1. The number of hydrogen-bond acceptors (Lipinski definition) is 2.